The van der Waals surface area contributed by atoms with Gasteiger partial charge in [-0.1, -0.05) is 32.9 Å². The first-order valence-electron chi connectivity index (χ1n) is 6.50. The maximum Gasteiger partial charge on any atom is 0.303 e. The molecule has 0 spiro atoms. The minimum atomic E-state index is -0.874. The second-order valence-electron chi connectivity index (χ2n) is 5.23. The maximum atomic E-state index is 11.7. The van der Waals surface area contributed by atoms with Gasteiger partial charge in [0.2, 0.25) is 5.91 Å². The van der Waals surface area contributed by atoms with Crippen LogP contribution in [0.2, 0.25) is 0 Å². The van der Waals surface area contributed by atoms with Gasteiger partial charge in [0.25, 0.3) is 0 Å². The number of carbonyl (C=O) groups excluding carboxylic acids is 1. The average molecular weight is 263 g/mol. The van der Waals surface area contributed by atoms with Crippen LogP contribution in [0.4, 0.5) is 5.69 Å². The summed E-state index contributed by atoms with van der Waals surface area (Å²) in [5, 5.41) is 11.4. The first-order valence-corrected chi connectivity index (χ1v) is 6.50. The summed E-state index contributed by atoms with van der Waals surface area (Å²) in [7, 11) is 0. The summed E-state index contributed by atoms with van der Waals surface area (Å²) >= 11 is 0. The molecule has 0 heterocycles. The Morgan fingerprint density at radius 1 is 1.11 bits per heavy atom. The number of hydrogen-bond acceptors (Lipinski definition) is 2. The van der Waals surface area contributed by atoms with Crippen molar-refractivity contribution in [2.24, 2.45) is 5.92 Å². The largest absolute Gasteiger partial charge is 0.481 e. The first-order chi connectivity index (χ1) is 8.88. The van der Waals surface area contributed by atoms with Gasteiger partial charge in [0, 0.05) is 18.5 Å². The molecule has 1 aromatic rings. The quantitative estimate of drug-likeness (QED) is 0.828. The Hall–Kier alpha value is -1.84. The summed E-state index contributed by atoms with van der Waals surface area (Å²) in [6.07, 6.45) is 0.234. The number of aliphatic carboxylic acids is 1. The van der Waals surface area contributed by atoms with Crippen LogP contribution < -0.4 is 5.32 Å². The highest BCUT2D eigenvalue weighted by Crippen LogP contribution is 2.17. The van der Waals surface area contributed by atoms with Crippen molar-refractivity contribution >= 4 is 17.6 Å². The highest BCUT2D eigenvalue weighted by Gasteiger charge is 2.12. The highest BCUT2D eigenvalue weighted by atomic mass is 16.4. The Balaban J connectivity index is 2.50. The van der Waals surface area contributed by atoms with Crippen LogP contribution >= 0.6 is 0 Å². The lowest BCUT2D eigenvalue weighted by Gasteiger charge is -2.10. The predicted octanol–water partition coefficient (Wildman–Crippen LogP) is 3.25. The normalized spacial score (nSPS) is 12.2. The van der Waals surface area contributed by atoms with E-state index >= 15 is 0 Å². The molecule has 1 amide bonds. The van der Waals surface area contributed by atoms with Crippen molar-refractivity contribution in [2.45, 2.75) is 39.5 Å². The number of carbonyl (C=O) groups is 2. The van der Waals surface area contributed by atoms with Gasteiger partial charge in [0.1, 0.15) is 0 Å². The molecule has 2 N–H and O–H groups in total. The van der Waals surface area contributed by atoms with Crippen molar-refractivity contribution in [2.75, 3.05) is 5.32 Å². The second kappa shape index (κ2) is 6.92. The molecule has 0 saturated carbocycles. The zero-order chi connectivity index (χ0) is 14.4. The molecule has 0 saturated heterocycles. The topological polar surface area (TPSA) is 66.4 Å². The fourth-order valence-corrected chi connectivity index (χ4v) is 1.85. The smallest absolute Gasteiger partial charge is 0.303 e. The first kappa shape index (κ1) is 15.2. The van der Waals surface area contributed by atoms with E-state index in [1.54, 1.807) is 6.92 Å². The molecule has 0 fully saturated rings. The summed E-state index contributed by atoms with van der Waals surface area (Å²) < 4.78 is 0. The maximum absolute atomic E-state index is 11.7. The SMILES string of the molecule is CC(C)c1ccc(NC(=O)C[C@@H](C)CC(=O)O)cc1. The summed E-state index contributed by atoms with van der Waals surface area (Å²) in [4.78, 5) is 22.2. The molecule has 19 heavy (non-hydrogen) atoms. The Labute approximate surface area is 113 Å². The molecule has 0 bridgehead atoms. The predicted molar refractivity (Wildman–Crippen MR) is 75.2 cm³/mol. The van der Waals surface area contributed by atoms with Crippen LogP contribution in [0.5, 0.6) is 0 Å². The third-order valence-corrected chi connectivity index (χ3v) is 2.92. The molecule has 0 unspecified atom stereocenters. The molecule has 0 radical (unpaired) electrons. The fourth-order valence-electron chi connectivity index (χ4n) is 1.85. The van der Waals surface area contributed by atoms with E-state index in [0.29, 0.717) is 5.92 Å². The Morgan fingerprint density at radius 2 is 1.68 bits per heavy atom. The van der Waals surface area contributed by atoms with E-state index in [0.717, 1.165) is 5.69 Å². The number of carboxylic acids is 1. The zero-order valence-electron chi connectivity index (χ0n) is 11.6. The van der Waals surface area contributed by atoms with Gasteiger partial charge in [-0.2, -0.15) is 0 Å². The number of anilines is 1. The molecule has 1 aromatic carbocycles. The van der Waals surface area contributed by atoms with Crippen molar-refractivity contribution in [1.82, 2.24) is 0 Å². The van der Waals surface area contributed by atoms with Crippen LogP contribution in [-0.2, 0) is 9.59 Å². The Morgan fingerprint density at radius 3 is 2.16 bits per heavy atom. The molecular formula is C15H21NO3. The lowest BCUT2D eigenvalue weighted by atomic mass is 10.0. The standard InChI is InChI=1S/C15H21NO3/c1-10(2)12-4-6-13(7-5-12)16-14(17)8-11(3)9-15(18)19/h4-7,10-11H,8-9H2,1-3H3,(H,16,17)(H,18,19)/t11-/m1/s1. The number of benzene rings is 1. The van der Waals surface area contributed by atoms with E-state index < -0.39 is 5.97 Å². The van der Waals surface area contributed by atoms with Gasteiger partial charge in [-0.25, -0.2) is 0 Å². The van der Waals surface area contributed by atoms with Gasteiger partial charge in [-0.05, 0) is 29.5 Å². The van der Waals surface area contributed by atoms with E-state index in [2.05, 4.69) is 19.2 Å². The zero-order valence-corrected chi connectivity index (χ0v) is 11.6. The van der Waals surface area contributed by atoms with Gasteiger partial charge < -0.3 is 10.4 Å². The summed E-state index contributed by atoms with van der Waals surface area (Å²) in [6, 6.07) is 7.71. The lowest BCUT2D eigenvalue weighted by molar-refractivity contribution is -0.138. The van der Waals surface area contributed by atoms with Crippen molar-refractivity contribution < 1.29 is 14.7 Å². The van der Waals surface area contributed by atoms with Crippen LogP contribution in [0.3, 0.4) is 0 Å². The molecular weight excluding hydrogens is 242 g/mol. The van der Waals surface area contributed by atoms with Crippen LogP contribution in [0.15, 0.2) is 24.3 Å². The van der Waals surface area contributed by atoms with Gasteiger partial charge >= 0.3 is 5.97 Å². The molecule has 4 heteroatoms. The fraction of sp³-hybridized carbons (Fsp3) is 0.467. The minimum Gasteiger partial charge on any atom is -0.481 e. The monoisotopic (exact) mass is 263 g/mol. The van der Waals surface area contributed by atoms with E-state index in [4.69, 9.17) is 5.11 Å². The van der Waals surface area contributed by atoms with Crippen molar-refractivity contribution in [1.29, 1.82) is 0 Å². The molecule has 104 valence electrons. The third kappa shape index (κ3) is 5.55. The molecule has 0 aliphatic carbocycles. The van der Waals surface area contributed by atoms with E-state index in [1.165, 1.54) is 5.56 Å². The Bertz CT molecular complexity index is 437. The van der Waals surface area contributed by atoms with Crippen LogP contribution in [-0.4, -0.2) is 17.0 Å². The Kier molecular flexibility index (Phi) is 5.55. The van der Waals surface area contributed by atoms with Crippen LogP contribution in [0, 0.1) is 5.92 Å². The van der Waals surface area contributed by atoms with Crippen molar-refractivity contribution in [3.05, 3.63) is 29.8 Å². The molecule has 0 aromatic heterocycles. The van der Waals surface area contributed by atoms with Gasteiger partial charge in [-0.3, -0.25) is 9.59 Å². The summed E-state index contributed by atoms with van der Waals surface area (Å²) in [6.45, 7) is 5.98. The number of hydrogen-bond donors (Lipinski definition) is 2. The average Bonchev–Trinajstić information content (AvgIpc) is 2.27. The highest BCUT2D eigenvalue weighted by molar-refractivity contribution is 5.91. The molecule has 1 rings (SSSR count). The molecule has 0 aliphatic heterocycles. The van der Waals surface area contributed by atoms with E-state index in [9.17, 15) is 9.59 Å². The van der Waals surface area contributed by atoms with Crippen molar-refractivity contribution in [3.63, 3.8) is 0 Å². The van der Waals surface area contributed by atoms with E-state index in [1.807, 2.05) is 24.3 Å². The van der Waals surface area contributed by atoms with Crippen LogP contribution in [0.25, 0.3) is 0 Å². The van der Waals surface area contributed by atoms with Crippen molar-refractivity contribution in [3.8, 4) is 0 Å². The van der Waals surface area contributed by atoms with Gasteiger partial charge in [0.05, 0.1) is 0 Å². The molecule has 0 aliphatic rings. The third-order valence-electron chi connectivity index (χ3n) is 2.92. The summed E-state index contributed by atoms with van der Waals surface area (Å²) in [5.41, 5.74) is 1.97. The lowest BCUT2D eigenvalue weighted by Crippen LogP contribution is -2.16. The van der Waals surface area contributed by atoms with E-state index in [-0.39, 0.29) is 24.7 Å². The second-order valence-corrected chi connectivity index (χ2v) is 5.23. The van der Waals surface area contributed by atoms with Gasteiger partial charge in [-0.15, -0.1) is 0 Å². The molecule has 4 nitrogen and oxygen atoms in total. The number of carboxylic acid groups (broad SMARTS) is 1. The number of nitrogens with one attached hydrogen (secondary N) is 1. The number of amides is 1. The summed E-state index contributed by atoms with van der Waals surface area (Å²) in [5.74, 6) is -0.722. The number of rotatable bonds is 6. The minimum absolute atomic E-state index is 0.0136. The van der Waals surface area contributed by atoms with Gasteiger partial charge in [0.15, 0.2) is 0 Å². The van der Waals surface area contributed by atoms with Crippen LogP contribution in [0.1, 0.15) is 45.1 Å². The molecule has 1 atom stereocenters.